The maximum absolute atomic E-state index is 11.4. The first-order valence-corrected chi connectivity index (χ1v) is 21.5. The highest BCUT2D eigenvalue weighted by Crippen LogP contribution is 2.51. The van der Waals surface area contributed by atoms with Crippen LogP contribution in [0.3, 0.4) is 0 Å². The summed E-state index contributed by atoms with van der Waals surface area (Å²) in [4.78, 5) is 4.65. The monoisotopic (exact) mass is 772 g/mol. The smallest absolute Gasteiger partial charge is 0.264 e. The zero-order valence-corrected chi connectivity index (χ0v) is 33.1. The number of hydrogen-bond acceptors (Lipinski definition) is 6. The van der Waals surface area contributed by atoms with E-state index in [0.717, 1.165) is 17.1 Å². The standard InChI is InChI=1S/C43H50N2O6S2.H2O/c1-42(2)38(44(28-14-16-30-52(46,47)48)36-26-24-32-18-10-12-20-34(32)40(36)42)22-8-6-5-7-9-23-39-43(3,4)41-35-21-13-11-19-33(35)25-27-37(41)45(39)29-15-17-31-53(49,50)51;/h5-13,18-27,38H,14-17,28-31H2,1-4H3,(H,46,47,48)(H,49,50,51);1H2. The van der Waals surface area contributed by atoms with Gasteiger partial charge in [-0.3, -0.25) is 9.11 Å². The van der Waals surface area contributed by atoms with E-state index in [1.807, 2.05) is 30.4 Å². The number of nitrogens with zero attached hydrogens (tertiary/aromatic N) is 2. The number of hydrogen-bond donors (Lipinski definition) is 2. The topological polar surface area (TPSA) is 147 Å². The van der Waals surface area contributed by atoms with Crippen LogP contribution in [-0.2, 0) is 31.1 Å². The Morgan fingerprint density at radius 1 is 0.630 bits per heavy atom. The van der Waals surface area contributed by atoms with Gasteiger partial charge in [0.2, 0.25) is 0 Å². The van der Waals surface area contributed by atoms with Gasteiger partial charge in [0.05, 0.1) is 17.5 Å². The zero-order valence-electron chi connectivity index (χ0n) is 31.4. The van der Waals surface area contributed by atoms with Crippen LogP contribution in [-0.4, -0.2) is 62.1 Å². The predicted octanol–water partition coefficient (Wildman–Crippen LogP) is 8.32. The van der Waals surface area contributed by atoms with Gasteiger partial charge in [-0.25, -0.2) is 0 Å². The molecule has 0 amide bonds. The minimum Gasteiger partial charge on any atom is -0.412 e. The molecule has 1 unspecified atom stereocenters. The Bertz CT molecular complexity index is 2340. The highest BCUT2D eigenvalue weighted by Gasteiger charge is 2.44. The van der Waals surface area contributed by atoms with Gasteiger partial charge >= 0.3 is 0 Å². The number of allylic oxidation sites excluding steroid dienone is 7. The summed E-state index contributed by atoms with van der Waals surface area (Å²) in [5.74, 6) is -0.495. The van der Waals surface area contributed by atoms with E-state index in [9.17, 15) is 25.9 Å². The van der Waals surface area contributed by atoms with Crippen molar-refractivity contribution in [2.24, 2.45) is 0 Å². The van der Waals surface area contributed by atoms with Gasteiger partial charge in [0.1, 0.15) is 0 Å². The third-order valence-corrected chi connectivity index (χ3v) is 12.4. The fourth-order valence-corrected chi connectivity index (χ4v) is 9.51. The highest BCUT2D eigenvalue weighted by atomic mass is 32.2. The molecular weight excluding hydrogens is 721 g/mol. The summed E-state index contributed by atoms with van der Waals surface area (Å²) in [6, 6.07) is 25.5. The molecule has 6 rings (SSSR count). The fourth-order valence-electron chi connectivity index (χ4n) is 8.37. The van der Waals surface area contributed by atoms with Gasteiger partial charge in [-0.15, -0.1) is 0 Å². The molecule has 0 fully saturated rings. The average Bonchev–Trinajstić information content (AvgIpc) is 3.45. The van der Waals surface area contributed by atoms with Gasteiger partial charge in [-0.2, -0.15) is 16.8 Å². The molecule has 1 atom stereocenters. The molecule has 4 aromatic rings. The molecule has 288 valence electrons. The maximum atomic E-state index is 11.4. The van der Waals surface area contributed by atoms with E-state index in [1.165, 1.54) is 32.7 Å². The lowest BCUT2D eigenvalue weighted by Crippen LogP contribution is -2.40. The van der Waals surface area contributed by atoms with Crippen molar-refractivity contribution in [3.63, 3.8) is 0 Å². The molecule has 4 N–H and O–H groups in total. The third-order valence-electron chi connectivity index (χ3n) is 10.8. The summed E-state index contributed by atoms with van der Waals surface area (Å²) in [6.07, 6.45) is 16.5. The van der Waals surface area contributed by atoms with Crippen molar-refractivity contribution in [3.8, 4) is 0 Å². The van der Waals surface area contributed by atoms with Crippen molar-refractivity contribution in [1.82, 2.24) is 0 Å². The second kappa shape index (κ2) is 16.2. The largest absolute Gasteiger partial charge is 0.412 e. The second-order valence-corrected chi connectivity index (χ2v) is 18.3. The molecule has 2 heterocycles. The van der Waals surface area contributed by atoms with E-state index in [4.69, 9.17) is 0 Å². The molecule has 54 heavy (non-hydrogen) atoms. The fraction of sp³-hybridized carbons (Fsp3) is 0.349. The van der Waals surface area contributed by atoms with Crippen molar-refractivity contribution >= 4 is 53.2 Å². The first kappa shape index (κ1) is 40.9. The van der Waals surface area contributed by atoms with Crippen LogP contribution in [0.2, 0.25) is 0 Å². The first-order chi connectivity index (χ1) is 25.1. The Labute approximate surface area is 320 Å². The Morgan fingerprint density at radius 2 is 1.15 bits per heavy atom. The number of rotatable bonds is 14. The molecule has 9 nitrogen and oxygen atoms in total. The van der Waals surface area contributed by atoms with Crippen LogP contribution < -0.4 is 9.80 Å². The summed E-state index contributed by atoms with van der Waals surface area (Å²) in [6.45, 7) is 10.3. The molecule has 0 aromatic heterocycles. The molecule has 0 radical (unpaired) electrons. The van der Waals surface area contributed by atoms with Crippen LogP contribution in [0, 0.1) is 0 Å². The van der Waals surface area contributed by atoms with Crippen molar-refractivity contribution in [2.45, 2.75) is 70.3 Å². The minimum atomic E-state index is -4.01. The number of benzene rings is 4. The molecule has 0 saturated carbocycles. The number of unbranched alkanes of at least 4 members (excludes halogenated alkanes) is 2. The van der Waals surface area contributed by atoms with Crippen LogP contribution in [0.1, 0.15) is 64.5 Å². The van der Waals surface area contributed by atoms with Gasteiger partial charge < -0.3 is 15.3 Å². The van der Waals surface area contributed by atoms with Crippen molar-refractivity contribution in [2.75, 3.05) is 34.4 Å². The quantitative estimate of drug-likeness (QED) is 0.0739. The highest BCUT2D eigenvalue weighted by molar-refractivity contribution is 7.86. The van der Waals surface area contributed by atoms with Gasteiger partial charge in [-0.05, 0) is 76.6 Å². The van der Waals surface area contributed by atoms with Crippen LogP contribution in [0.15, 0.2) is 121 Å². The molecule has 11 heteroatoms. The van der Waals surface area contributed by atoms with E-state index in [2.05, 4.69) is 122 Å². The lowest BCUT2D eigenvalue weighted by molar-refractivity contribution is 0.468. The van der Waals surface area contributed by atoms with Crippen LogP contribution in [0.25, 0.3) is 21.5 Å². The van der Waals surface area contributed by atoms with Gasteiger partial charge in [0.25, 0.3) is 20.2 Å². The first-order valence-electron chi connectivity index (χ1n) is 18.3. The molecule has 0 spiro atoms. The van der Waals surface area contributed by atoms with E-state index >= 15 is 0 Å². The van der Waals surface area contributed by atoms with Crippen LogP contribution in [0.5, 0.6) is 0 Å². The predicted molar refractivity (Wildman–Crippen MR) is 223 cm³/mol. The maximum Gasteiger partial charge on any atom is 0.264 e. The second-order valence-electron chi connectivity index (χ2n) is 15.2. The Morgan fingerprint density at radius 3 is 1.76 bits per heavy atom. The summed E-state index contributed by atoms with van der Waals surface area (Å²) < 4.78 is 64.1. The summed E-state index contributed by atoms with van der Waals surface area (Å²) in [5.41, 5.74) is 5.41. The molecule has 0 aliphatic carbocycles. The van der Waals surface area contributed by atoms with E-state index in [1.54, 1.807) is 0 Å². The summed E-state index contributed by atoms with van der Waals surface area (Å²) in [7, 11) is -8.01. The number of fused-ring (bicyclic) bond motifs is 6. The molecular formula is C43H52N2O7S2. The molecule has 2 aliphatic rings. The molecule has 4 aromatic carbocycles. The van der Waals surface area contributed by atoms with Crippen LogP contribution in [0.4, 0.5) is 11.4 Å². The summed E-state index contributed by atoms with van der Waals surface area (Å²) >= 11 is 0. The molecule has 2 aliphatic heterocycles. The minimum absolute atomic E-state index is 0. The lowest BCUT2D eigenvalue weighted by atomic mass is 9.78. The molecule has 0 bridgehead atoms. The van der Waals surface area contributed by atoms with E-state index < -0.39 is 20.2 Å². The van der Waals surface area contributed by atoms with Gasteiger partial charge in [0, 0.05) is 41.0 Å². The van der Waals surface area contributed by atoms with Crippen molar-refractivity contribution in [3.05, 3.63) is 132 Å². The van der Waals surface area contributed by atoms with Gasteiger partial charge in [-0.1, -0.05) is 125 Å². The van der Waals surface area contributed by atoms with Crippen molar-refractivity contribution < 1.29 is 31.4 Å². The normalized spacial score (nSPS) is 18.8. The Kier molecular flexibility index (Phi) is 12.3. The Hall–Kier alpha value is -4.26. The molecule has 0 saturated heterocycles. The van der Waals surface area contributed by atoms with Gasteiger partial charge in [0.15, 0.2) is 0 Å². The van der Waals surface area contributed by atoms with E-state index in [-0.39, 0.29) is 33.9 Å². The zero-order chi connectivity index (χ0) is 38.0. The van der Waals surface area contributed by atoms with E-state index in [0.29, 0.717) is 38.8 Å². The number of anilines is 2. The average molecular weight is 773 g/mol. The Balaban J connectivity index is 0.00000561. The van der Waals surface area contributed by atoms with Crippen LogP contribution >= 0.6 is 0 Å². The third kappa shape index (κ3) is 8.66. The van der Waals surface area contributed by atoms with Crippen molar-refractivity contribution in [1.29, 1.82) is 0 Å². The SMILES string of the molecule is CC1(C)C(=CC=CC=CC=CC2N(CCCCS(=O)(=O)O)c3ccc4ccccc4c3C2(C)C)N(CCCCS(=O)(=O)O)c2ccc3ccccc3c21.O. The lowest BCUT2D eigenvalue weighted by Gasteiger charge is -2.32. The summed E-state index contributed by atoms with van der Waals surface area (Å²) in [5, 5.41) is 4.79.